The summed E-state index contributed by atoms with van der Waals surface area (Å²) in [7, 11) is 3.68. The van der Waals surface area contributed by atoms with Gasteiger partial charge in [0.05, 0.1) is 19.6 Å². The van der Waals surface area contributed by atoms with Gasteiger partial charge in [0, 0.05) is 13.1 Å². The van der Waals surface area contributed by atoms with Crippen molar-refractivity contribution in [1.29, 1.82) is 5.26 Å². The first-order valence-corrected chi connectivity index (χ1v) is 5.62. The van der Waals surface area contributed by atoms with Crippen molar-refractivity contribution >= 4 is 0 Å². The lowest BCUT2D eigenvalue weighted by atomic mass is 10.1. The number of hydrogen-bond donors (Lipinski definition) is 0. The number of methoxy groups -OCH3 is 1. The molecule has 1 heterocycles. The summed E-state index contributed by atoms with van der Waals surface area (Å²) in [5, 5.41) is 8.68. The molecule has 1 fully saturated rings. The summed E-state index contributed by atoms with van der Waals surface area (Å²) in [5.74, 6) is 1.46. The predicted molar refractivity (Wildman–Crippen MR) is 64.2 cm³/mol. The van der Waals surface area contributed by atoms with Gasteiger partial charge in [-0.25, -0.2) is 0 Å². The van der Waals surface area contributed by atoms with Gasteiger partial charge in [-0.1, -0.05) is 6.07 Å². The van der Waals surface area contributed by atoms with Gasteiger partial charge in [0.15, 0.2) is 11.5 Å². The zero-order chi connectivity index (χ0) is 12.3. The van der Waals surface area contributed by atoms with Crippen LogP contribution in [0.3, 0.4) is 0 Å². The van der Waals surface area contributed by atoms with Crippen LogP contribution in [0, 0.1) is 11.3 Å². The minimum Gasteiger partial charge on any atom is -0.493 e. The van der Waals surface area contributed by atoms with Crippen LogP contribution in [-0.4, -0.2) is 38.3 Å². The van der Waals surface area contributed by atoms with E-state index in [1.165, 1.54) is 0 Å². The van der Waals surface area contributed by atoms with Gasteiger partial charge in [-0.15, -0.1) is 0 Å². The first-order chi connectivity index (χ1) is 8.22. The first kappa shape index (κ1) is 11.7. The van der Waals surface area contributed by atoms with Crippen LogP contribution >= 0.6 is 0 Å². The van der Waals surface area contributed by atoms with Crippen molar-refractivity contribution in [1.82, 2.24) is 4.90 Å². The number of nitriles is 1. The van der Waals surface area contributed by atoms with E-state index in [4.69, 9.17) is 14.7 Å². The van der Waals surface area contributed by atoms with E-state index in [9.17, 15) is 0 Å². The minimum atomic E-state index is 0.228. The van der Waals surface area contributed by atoms with Crippen LogP contribution in [-0.2, 0) is 6.42 Å². The largest absolute Gasteiger partial charge is 0.493 e. The van der Waals surface area contributed by atoms with Crippen LogP contribution in [0.15, 0.2) is 18.2 Å². The zero-order valence-corrected chi connectivity index (χ0v) is 10.1. The fourth-order valence-corrected chi connectivity index (χ4v) is 1.91. The third-order valence-corrected chi connectivity index (χ3v) is 2.84. The van der Waals surface area contributed by atoms with Gasteiger partial charge in [0.2, 0.25) is 0 Å². The highest BCUT2D eigenvalue weighted by Crippen LogP contribution is 2.30. The average molecular weight is 232 g/mol. The third-order valence-electron chi connectivity index (χ3n) is 2.84. The monoisotopic (exact) mass is 232 g/mol. The SMILES string of the molecule is COc1ccc(CC#N)cc1OC1CN(C)C1. The van der Waals surface area contributed by atoms with E-state index in [1.54, 1.807) is 7.11 Å². The molecule has 0 aromatic heterocycles. The van der Waals surface area contributed by atoms with Crippen molar-refractivity contribution in [3.63, 3.8) is 0 Å². The van der Waals surface area contributed by atoms with Gasteiger partial charge in [-0.3, -0.25) is 4.90 Å². The lowest BCUT2D eigenvalue weighted by Gasteiger charge is -2.36. The summed E-state index contributed by atoms with van der Waals surface area (Å²) >= 11 is 0. The molecule has 0 aliphatic carbocycles. The molecule has 0 atom stereocenters. The lowest BCUT2D eigenvalue weighted by molar-refractivity contribution is 0.0369. The Labute approximate surface area is 101 Å². The summed E-state index contributed by atoms with van der Waals surface area (Å²) < 4.78 is 11.1. The van der Waals surface area contributed by atoms with E-state index >= 15 is 0 Å². The Hall–Kier alpha value is -1.73. The molecule has 0 unspecified atom stereocenters. The summed E-state index contributed by atoms with van der Waals surface area (Å²) in [4.78, 5) is 2.19. The fourth-order valence-electron chi connectivity index (χ4n) is 1.91. The highest BCUT2D eigenvalue weighted by molar-refractivity contribution is 5.43. The van der Waals surface area contributed by atoms with Crippen LogP contribution in [0.2, 0.25) is 0 Å². The molecule has 4 heteroatoms. The standard InChI is InChI=1S/C13H16N2O2/c1-15-8-11(9-15)17-13-7-10(5-6-14)3-4-12(13)16-2/h3-4,7,11H,5,8-9H2,1-2H3. The molecule has 0 N–H and O–H groups in total. The summed E-state index contributed by atoms with van der Waals surface area (Å²) in [5.41, 5.74) is 0.955. The van der Waals surface area contributed by atoms with Crippen LogP contribution in [0.4, 0.5) is 0 Å². The van der Waals surface area contributed by atoms with Gasteiger partial charge >= 0.3 is 0 Å². The second-order valence-corrected chi connectivity index (χ2v) is 4.28. The smallest absolute Gasteiger partial charge is 0.162 e. The van der Waals surface area contributed by atoms with Gasteiger partial charge in [-0.05, 0) is 24.7 Å². The van der Waals surface area contributed by atoms with E-state index in [2.05, 4.69) is 18.0 Å². The zero-order valence-electron chi connectivity index (χ0n) is 10.1. The summed E-state index contributed by atoms with van der Waals surface area (Å²) in [6, 6.07) is 7.76. The molecule has 0 saturated carbocycles. The molecule has 17 heavy (non-hydrogen) atoms. The quantitative estimate of drug-likeness (QED) is 0.788. The maximum Gasteiger partial charge on any atom is 0.162 e. The van der Waals surface area contributed by atoms with E-state index < -0.39 is 0 Å². The van der Waals surface area contributed by atoms with Gasteiger partial charge in [0.25, 0.3) is 0 Å². The highest BCUT2D eigenvalue weighted by Gasteiger charge is 2.25. The number of nitrogens with zero attached hydrogens (tertiary/aromatic N) is 2. The Kier molecular flexibility index (Phi) is 3.50. The molecule has 0 bridgehead atoms. The second-order valence-electron chi connectivity index (χ2n) is 4.28. The Morgan fingerprint density at radius 3 is 2.76 bits per heavy atom. The molecule has 1 aliphatic rings. The van der Waals surface area contributed by atoms with Crippen molar-refractivity contribution in [2.24, 2.45) is 0 Å². The maximum atomic E-state index is 8.68. The molecule has 1 aromatic carbocycles. The average Bonchev–Trinajstić information content (AvgIpc) is 2.28. The molecular formula is C13H16N2O2. The number of rotatable bonds is 4. The van der Waals surface area contributed by atoms with E-state index in [0.29, 0.717) is 6.42 Å². The molecule has 2 rings (SSSR count). The summed E-state index contributed by atoms with van der Waals surface area (Å²) in [6.07, 6.45) is 0.622. The van der Waals surface area contributed by atoms with Gasteiger partial charge in [0.1, 0.15) is 6.10 Å². The summed E-state index contributed by atoms with van der Waals surface area (Å²) in [6.45, 7) is 1.87. The molecule has 4 nitrogen and oxygen atoms in total. The number of benzene rings is 1. The predicted octanol–water partition coefficient (Wildman–Crippen LogP) is 1.45. The molecule has 0 spiro atoms. The molecule has 90 valence electrons. The van der Waals surface area contributed by atoms with Crippen LogP contribution in [0.25, 0.3) is 0 Å². The number of likely N-dealkylation sites (N-methyl/N-ethyl adjacent to an activating group) is 1. The van der Waals surface area contributed by atoms with Crippen molar-refractivity contribution in [3.05, 3.63) is 23.8 Å². The molecule has 0 radical (unpaired) electrons. The van der Waals surface area contributed by atoms with Crippen LogP contribution < -0.4 is 9.47 Å². The molecule has 1 aromatic rings. The normalized spacial score (nSPS) is 16.1. The Bertz CT molecular complexity index is 434. The van der Waals surface area contributed by atoms with Crippen molar-refractivity contribution < 1.29 is 9.47 Å². The van der Waals surface area contributed by atoms with E-state index in [1.807, 2.05) is 18.2 Å². The van der Waals surface area contributed by atoms with Gasteiger partial charge in [-0.2, -0.15) is 5.26 Å². The lowest BCUT2D eigenvalue weighted by Crippen LogP contribution is -2.51. The van der Waals surface area contributed by atoms with Crippen LogP contribution in [0.5, 0.6) is 11.5 Å². The maximum absolute atomic E-state index is 8.68. The number of ether oxygens (including phenoxy) is 2. The van der Waals surface area contributed by atoms with Crippen molar-refractivity contribution in [2.75, 3.05) is 27.2 Å². The molecule has 0 amide bonds. The minimum absolute atomic E-state index is 0.228. The Morgan fingerprint density at radius 2 is 2.18 bits per heavy atom. The first-order valence-electron chi connectivity index (χ1n) is 5.62. The van der Waals surface area contributed by atoms with Crippen molar-refractivity contribution in [3.8, 4) is 17.6 Å². The number of hydrogen-bond acceptors (Lipinski definition) is 4. The van der Waals surface area contributed by atoms with Crippen LogP contribution in [0.1, 0.15) is 5.56 Å². The van der Waals surface area contributed by atoms with Crippen molar-refractivity contribution in [2.45, 2.75) is 12.5 Å². The molecular weight excluding hydrogens is 216 g/mol. The fraction of sp³-hybridized carbons (Fsp3) is 0.462. The van der Waals surface area contributed by atoms with E-state index in [-0.39, 0.29) is 6.10 Å². The highest BCUT2D eigenvalue weighted by atomic mass is 16.5. The second kappa shape index (κ2) is 5.07. The molecule has 1 aliphatic heterocycles. The van der Waals surface area contributed by atoms with Gasteiger partial charge < -0.3 is 9.47 Å². The Balaban J connectivity index is 2.12. The third kappa shape index (κ3) is 2.69. The van der Waals surface area contributed by atoms with E-state index in [0.717, 1.165) is 30.2 Å². The number of likely N-dealkylation sites (tertiary alicyclic amines) is 1. The molecule has 1 saturated heterocycles. The topological polar surface area (TPSA) is 45.5 Å². The Morgan fingerprint density at radius 1 is 1.41 bits per heavy atom.